The summed E-state index contributed by atoms with van der Waals surface area (Å²) in [4.78, 5) is 4.26. The van der Waals surface area contributed by atoms with Gasteiger partial charge in [0.15, 0.2) is 0 Å². The van der Waals surface area contributed by atoms with Gasteiger partial charge >= 0.3 is 0 Å². The lowest BCUT2D eigenvalue weighted by Gasteiger charge is -2.07. The molecule has 1 aliphatic rings. The maximum absolute atomic E-state index is 4.31. The van der Waals surface area contributed by atoms with E-state index in [1.807, 2.05) is 18.5 Å². The third kappa shape index (κ3) is 2.89. The molecule has 15 heavy (non-hydrogen) atoms. The van der Waals surface area contributed by atoms with Crippen LogP contribution in [-0.2, 0) is 6.54 Å². The Bertz CT molecular complexity index is 363. The Balaban J connectivity index is 1.84. The number of hydrogen-bond acceptors (Lipinski definition) is 3. The Labute approximate surface area is 90.4 Å². The van der Waals surface area contributed by atoms with Gasteiger partial charge in [0, 0.05) is 12.6 Å². The van der Waals surface area contributed by atoms with Gasteiger partial charge in [0.2, 0.25) is 0 Å². The van der Waals surface area contributed by atoms with Gasteiger partial charge in [-0.25, -0.2) is 9.67 Å². The van der Waals surface area contributed by atoms with Gasteiger partial charge < -0.3 is 5.32 Å². The van der Waals surface area contributed by atoms with E-state index in [0.717, 1.165) is 36.4 Å². The fourth-order valence-corrected chi connectivity index (χ4v) is 1.55. The van der Waals surface area contributed by atoms with Crippen LogP contribution >= 0.6 is 0 Å². The first-order chi connectivity index (χ1) is 7.15. The number of aromatic nitrogens is 3. The zero-order valence-electron chi connectivity index (χ0n) is 9.45. The molecule has 82 valence electrons. The van der Waals surface area contributed by atoms with Crippen LogP contribution in [0.5, 0.6) is 0 Å². The number of aryl methyl sites for hydroxylation is 2. The Kier molecular flexibility index (Phi) is 2.86. The number of rotatable bonds is 5. The second-order valence-electron chi connectivity index (χ2n) is 4.27. The maximum Gasteiger partial charge on any atom is 0.147 e. The van der Waals surface area contributed by atoms with Crippen LogP contribution in [0.1, 0.15) is 24.5 Å². The average Bonchev–Trinajstić information content (AvgIpc) is 2.92. The molecule has 1 N–H and O–H groups in total. The summed E-state index contributed by atoms with van der Waals surface area (Å²) in [5, 5.41) is 7.75. The highest BCUT2D eigenvalue weighted by atomic mass is 15.3. The normalized spacial score (nSPS) is 15.6. The maximum atomic E-state index is 4.31. The lowest BCUT2D eigenvalue weighted by molar-refractivity contribution is 0.616. The summed E-state index contributed by atoms with van der Waals surface area (Å²) in [6.45, 7) is 9.60. The van der Waals surface area contributed by atoms with Crippen molar-refractivity contribution in [3.8, 4) is 0 Å². The summed E-state index contributed by atoms with van der Waals surface area (Å²) in [5.41, 5.74) is 1.16. The summed E-state index contributed by atoms with van der Waals surface area (Å²) in [5.74, 6) is 1.79. The lowest BCUT2D eigenvalue weighted by atomic mass is 10.3. The fraction of sp³-hybridized carbons (Fsp3) is 0.636. The number of hydrogen-bond donors (Lipinski definition) is 1. The Morgan fingerprint density at radius 1 is 1.53 bits per heavy atom. The average molecular weight is 206 g/mol. The molecule has 1 saturated carbocycles. The van der Waals surface area contributed by atoms with Crippen molar-refractivity contribution >= 4 is 0 Å². The molecule has 0 aromatic carbocycles. The second-order valence-corrected chi connectivity index (χ2v) is 4.27. The predicted molar refractivity (Wildman–Crippen MR) is 59.7 cm³/mol. The summed E-state index contributed by atoms with van der Waals surface area (Å²) in [7, 11) is 0. The van der Waals surface area contributed by atoms with Crippen molar-refractivity contribution < 1.29 is 0 Å². The van der Waals surface area contributed by atoms with Crippen LogP contribution in [-0.4, -0.2) is 27.4 Å². The SMILES string of the molecule is C=C(CNC1CC1)Cn1nc(C)nc1C. The van der Waals surface area contributed by atoms with Crippen LogP contribution in [0.2, 0.25) is 0 Å². The van der Waals surface area contributed by atoms with Gasteiger partial charge in [-0.3, -0.25) is 0 Å². The third-order valence-electron chi connectivity index (χ3n) is 2.55. The largest absolute Gasteiger partial charge is 0.310 e. The van der Waals surface area contributed by atoms with Crippen molar-refractivity contribution in [2.75, 3.05) is 6.54 Å². The van der Waals surface area contributed by atoms with Crippen LogP contribution in [0.4, 0.5) is 0 Å². The van der Waals surface area contributed by atoms with E-state index in [4.69, 9.17) is 0 Å². The molecule has 1 aliphatic carbocycles. The summed E-state index contributed by atoms with van der Waals surface area (Å²) < 4.78 is 1.91. The highest BCUT2D eigenvalue weighted by Gasteiger charge is 2.20. The third-order valence-corrected chi connectivity index (χ3v) is 2.55. The minimum atomic E-state index is 0.736. The van der Waals surface area contributed by atoms with E-state index in [0.29, 0.717) is 0 Å². The molecule has 0 saturated heterocycles. The highest BCUT2D eigenvalue weighted by Crippen LogP contribution is 2.18. The van der Waals surface area contributed by atoms with E-state index in [1.54, 1.807) is 0 Å². The van der Waals surface area contributed by atoms with Gasteiger partial charge in [0.25, 0.3) is 0 Å². The van der Waals surface area contributed by atoms with Gasteiger partial charge in [0.1, 0.15) is 11.6 Å². The zero-order valence-corrected chi connectivity index (χ0v) is 9.45. The van der Waals surface area contributed by atoms with Crippen molar-refractivity contribution in [2.24, 2.45) is 0 Å². The topological polar surface area (TPSA) is 42.7 Å². The summed E-state index contributed by atoms with van der Waals surface area (Å²) in [6, 6.07) is 0.736. The first-order valence-electron chi connectivity index (χ1n) is 5.43. The number of nitrogens with zero attached hydrogens (tertiary/aromatic N) is 3. The fourth-order valence-electron chi connectivity index (χ4n) is 1.55. The van der Waals surface area contributed by atoms with Gasteiger partial charge in [0.05, 0.1) is 6.54 Å². The van der Waals surface area contributed by atoms with Gasteiger partial charge in [-0.05, 0) is 32.3 Å². The highest BCUT2D eigenvalue weighted by molar-refractivity contribution is 5.01. The standard InChI is InChI=1S/C11H18N4/c1-8(6-12-11-4-5-11)7-15-10(3)13-9(2)14-15/h11-12H,1,4-7H2,2-3H3. The Hall–Kier alpha value is -1.16. The zero-order chi connectivity index (χ0) is 10.8. The molecule has 1 fully saturated rings. The van der Waals surface area contributed by atoms with Gasteiger partial charge in [-0.2, -0.15) is 5.10 Å². The van der Waals surface area contributed by atoms with E-state index >= 15 is 0 Å². The quantitative estimate of drug-likeness (QED) is 0.736. The monoisotopic (exact) mass is 206 g/mol. The van der Waals surface area contributed by atoms with Crippen molar-refractivity contribution in [2.45, 2.75) is 39.3 Å². The van der Waals surface area contributed by atoms with Crippen LogP contribution in [0.15, 0.2) is 12.2 Å². The second kappa shape index (κ2) is 4.14. The van der Waals surface area contributed by atoms with E-state index in [1.165, 1.54) is 12.8 Å². The molecule has 0 radical (unpaired) electrons. The molecule has 1 aromatic heterocycles. The molecule has 4 heteroatoms. The lowest BCUT2D eigenvalue weighted by Crippen LogP contribution is -2.21. The molecule has 0 unspecified atom stereocenters. The van der Waals surface area contributed by atoms with Crippen LogP contribution < -0.4 is 5.32 Å². The molecule has 2 rings (SSSR count). The minimum Gasteiger partial charge on any atom is -0.310 e. The van der Waals surface area contributed by atoms with Crippen molar-refractivity contribution in [3.63, 3.8) is 0 Å². The predicted octanol–water partition coefficient (Wildman–Crippen LogP) is 1.20. The van der Waals surface area contributed by atoms with Crippen LogP contribution in [0, 0.1) is 13.8 Å². The molecule has 0 spiro atoms. The van der Waals surface area contributed by atoms with Crippen molar-refractivity contribution in [1.82, 2.24) is 20.1 Å². The molecule has 0 atom stereocenters. The van der Waals surface area contributed by atoms with Crippen LogP contribution in [0.25, 0.3) is 0 Å². The smallest absolute Gasteiger partial charge is 0.147 e. The molecule has 1 aromatic rings. The first kappa shape index (κ1) is 10.4. The Morgan fingerprint density at radius 3 is 2.80 bits per heavy atom. The molecular formula is C11H18N4. The summed E-state index contributed by atoms with van der Waals surface area (Å²) in [6.07, 6.45) is 2.63. The van der Waals surface area contributed by atoms with Gasteiger partial charge in [-0.15, -0.1) is 0 Å². The van der Waals surface area contributed by atoms with Gasteiger partial charge in [-0.1, -0.05) is 6.58 Å². The molecule has 0 amide bonds. The molecular weight excluding hydrogens is 188 g/mol. The minimum absolute atomic E-state index is 0.736. The van der Waals surface area contributed by atoms with E-state index < -0.39 is 0 Å². The number of nitrogens with one attached hydrogen (secondary N) is 1. The van der Waals surface area contributed by atoms with Crippen molar-refractivity contribution in [3.05, 3.63) is 23.8 Å². The van der Waals surface area contributed by atoms with E-state index in [-0.39, 0.29) is 0 Å². The molecule has 0 aliphatic heterocycles. The van der Waals surface area contributed by atoms with E-state index in [2.05, 4.69) is 22.0 Å². The van der Waals surface area contributed by atoms with Crippen molar-refractivity contribution in [1.29, 1.82) is 0 Å². The Morgan fingerprint density at radius 2 is 2.27 bits per heavy atom. The van der Waals surface area contributed by atoms with Crippen LogP contribution in [0.3, 0.4) is 0 Å². The molecule has 4 nitrogen and oxygen atoms in total. The van der Waals surface area contributed by atoms with E-state index in [9.17, 15) is 0 Å². The first-order valence-corrected chi connectivity index (χ1v) is 5.43. The molecule has 1 heterocycles. The summed E-state index contributed by atoms with van der Waals surface area (Å²) >= 11 is 0. The molecule has 0 bridgehead atoms.